The zero-order valence-electron chi connectivity index (χ0n) is 18.6. The third-order valence-electron chi connectivity index (χ3n) is 5.17. The number of halogens is 2. The predicted octanol–water partition coefficient (Wildman–Crippen LogP) is 5.88. The third-order valence-corrected chi connectivity index (χ3v) is 5.75. The van der Waals surface area contributed by atoms with Gasteiger partial charge in [-0.3, -0.25) is 19.6 Å². The molecule has 0 atom stereocenters. The van der Waals surface area contributed by atoms with E-state index in [1.807, 2.05) is 6.07 Å². The summed E-state index contributed by atoms with van der Waals surface area (Å²) in [5, 5.41) is 18.1. The van der Waals surface area contributed by atoms with Gasteiger partial charge in [-0.05, 0) is 70.4 Å². The number of hydrogen-bond acceptors (Lipinski definition) is 5. The van der Waals surface area contributed by atoms with E-state index in [2.05, 4.69) is 26.3 Å². The van der Waals surface area contributed by atoms with Crippen LogP contribution >= 0.6 is 15.9 Å². The van der Waals surface area contributed by atoms with Gasteiger partial charge in [0.05, 0.1) is 15.9 Å². The van der Waals surface area contributed by atoms with E-state index in [0.29, 0.717) is 33.7 Å². The Morgan fingerprint density at radius 2 is 1.91 bits per heavy atom. The highest BCUT2D eigenvalue weighted by Gasteiger charge is 2.14. The molecule has 0 unspecified atom stereocenters. The number of aromatic nitrogens is 2. The van der Waals surface area contributed by atoms with Crippen molar-refractivity contribution in [1.29, 1.82) is 0 Å². The minimum absolute atomic E-state index is 0.0299. The molecule has 1 heterocycles. The molecule has 0 saturated carbocycles. The largest absolute Gasteiger partial charge is 0.489 e. The highest BCUT2D eigenvalue weighted by atomic mass is 79.9. The number of carbonyl (C=O) groups is 1. The van der Waals surface area contributed by atoms with Crippen LogP contribution < -0.4 is 10.1 Å². The van der Waals surface area contributed by atoms with Crippen LogP contribution in [-0.2, 0) is 13.2 Å². The van der Waals surface area contributed by atoms with Crippen molar-refractivity contribution in [2.75, 3.05) is 5.32 Å². The molecule has 10 heteroatoms. The number of amides is 1. The molecule has 1 aromatic heterocycles. The summed E-state index contributed by atoms with van der Waals surface area (Å²) >= 11 is 3.41. The van der Waals surface area contributed by atoms with Crippen molar-refractivity contribution in [3.63, 3.8) is 0 Å². The van der Waals surface area contributed by atoms with Gasteiger partial charge in [0.15, 0.2) is 5.82 Å². The molecule has 1 amide bonds. The van der Waals surface area contributed by atoms with E-state index >= 15 is 0 Å². The maximum absolute atomic E-state index is 13.1. The second kappa shape index (κ2) is 10.5. The molecule has 0 spiro atoms. The van der Waals surface area contributed by atoms with Crippen molar-refractivity contribution >= 4 is 33.3 Å². The number of nitrogens with one attached hydrogen (secondary N) is 1. The molecule has 35 heavy (non-hydrogen) atoms. The average Bonchev–Trinajstić information content (AvgIpc) is 3.17. The van der Waals surface area contributed by atoms with Gasteiger partial charge in [-0.15, -0.1) is 0 Å². The summed E-state index contributed by atoms with van der Waals surface area (Å²) in [7, 11) is 0. The lowest BCUT2D eigenvalue weighted by Gasteiger charge is -2.09. The number of nitrogens with zero attached hydrogens (tertiary/aromatic N) is 3. The first kappa shape index (κ1) is 24.1. The summed E-state index contributed by atoms with van der Waals surface area (Å²) < 4.78 is 21.1. The van der Waals surface area contributed by atoms with Gasteiger partial charge in [-0.1, -0.05) is 24.3 Å². The first-order valence-electron chi connectivity index (χ1n) is 10.5. The summed E-state index contributed by atoms with van der Waals surface area (Å²) in [6, 6.07) is 17.6. The predicted molar refractivity (Wildman–Crippen MR) is 132 cm³/mol. The zero-order valence-corrected chi connectivity index (χ0v) is 20.2. The van der Waals surface area contributed by atoms with E-state index in [1.165, 1.54) is 18.2 Å². The van der Waals surface area contributed by atoms with Gasteiger partial charge in [-0.25, -0.2) is 4.39 Å². The van der Waals surface area contributed by atoms with Crippen molar-refractivity contribution in [2.45, 2.75) is 20.1 Å². The van der Waals surface area contributed by atoms with Crippen molar-refractivity contribution in [2.24, 2.45) is 0 Å². The fourth-order valence-corrected chi connectivity index (χ4v) is 3.83. The monoisotopic (exact) mass is 538 g/mol. The minimum atomic E-state index is -0.439. The van der Waals surface area contributed by atoms with Gasteiger partial charge in [0.1, 0.15) is 18.2 Å². The van der Waals surface area contributed by atoms with Crippen LogP contribution in [0.3, 0.4) is 0 Å². The molecule has 0 saturated heterocycles. The Hall–Kier alpha value is -4.05. The van der Waals surface area contributed by atoms with Crippen molar-refractivity contribution in [1.82, 2.24) is 9.78 Å². The van der Waals surface area contributed by atoms with Crippen LogP contribution in [0, 0.1) is 22.9 Å². The van der Waals surface area contributed by atoms with Gasteiger partial charge in [0.2, 0.25) is 0 Å². The van der Waals surface area contributed by atoms with Gasteiger partial charge >= 0.3 is 0 Å². The molecule has 4 aromatic rings. The number of anilines is 1. The lowest BCUT2D eigenvalue weighted by Crippen LogP contribution is -2.13. The van der Waals surface area contributed by atoms with Crippen LogP contribution in [0.5, 0.6) is 5.75 Å². The summed E-state index contributed by atoms with van der Waals surface area (Å²) in [4.78, 5) is 23.3. The maximum Gasteiger partial charge on any atom is 0.272 e. The summed E-state index contributed by atoms with van der Waals surface area (Å²) in [6.07, 6.45) is 1.73. The Morgan fingerprint density at radius 1 is 1.14 bits per heavy atom. The third kappa shape index (κ3) is 6.10. The number of nitro benzene ring substituents is 1. The van der Waals surface area contributed by atoms with E-state index in [1.54, 1.807) is 60.3 Å². The second-order valence-corrected chi connectivity index (χ2v) is 8.65. The van der Waals surface area contributed by atoms with Crippen molar-refractivity contribution in [3.05, 3.63) is 116 Å². The molecular formula is C25H20BrFN4O4. The van der Waals surface area contributed by atoms with Gasteiger partial charge in [0, 0.05) is 23.4 Å². The highest BCUT2D eigenvalue weighted by Crippen LogP contribution is 2.24. The standard InChI is InChI=1S/C25H20BrFN4O4/c1-16-11-21(9-10-23(16)31(33)34)35-15-18-3-2-4-19(12-18)25(32)28-24-22(26)14-30(29-24)13-17-5-7-20(27)8-6-17/h2-12,14H,13,15H2,1H3,(H,28,29,32). The molecule has 0 radical (unpaired) electrons. The summed E-state index contributed by atoms with van der Waals surface area (Å²) in [5.41, 5.74) is 2.59. The number of carbonyl (C=O) groups excluding carboxylic acids is 1. The smallest absolute Gasteiger partial charge is 0.272 e. The topological polar surface area (TPSA) is 99.3 Å². The fourth-order valence-electron chi connectivity index (χ4n) is 3.41. The van der Waals surface area contributed by atoms with E-state index in [4.69, 9.17) is 4.74 Å². The van der Waals surface area contributed by atoms with Crippen LogP contribution in [0.15, 0.2) is 77.4 Å². The Bertz CT molecular complexity index is 1390. The van der Waals surface area contributed by atoms with E-state index in [9.17, 15) is 19.3 Å². The van der Waals surface area contributed by atoms with Gasteiger partial charge < -0.3 is 10.1 Å². The Kier molecular flexibility index (Phi) is 7.21. The average molecular weight is 539 g/mol. The van der Waals surface area contributed by atoms with Gasteiger partial charge in [-0.2, -0.15) is 5.10 Å². The number of aryl methyl sites for hydroxylation is 1. The first-order valence-corrected chi connectivity index (χ1v) is 11.3. The molecule has 178 valence electrons. The molecule has 0 aliphatic rings. The van der Waals surface area contributed by atoms with Crippen molar-refractivity contribution < 1.29 is 18.8 Å². The molecule has 0 aliphatic heterocycles. The zero-order chi connectivity index (χ0) is 24.9. The van der Waals surface area contributed by atoms with Crippen molar-refractivity contribution in [3.8, 4) is 5.75 Å². The van der Waals surface area contributed by atoms with Crippen LogP contribution in [0.4, 0.5) is 15.9 Å². The second-order valence-electron chi connectivity index (χ2n) is 7.80. The molecule has 8 nitrogen and oxygen atoms in total. The number of benzene rings is 3. The molecule has 1 N–H and O–H groups in total. The molecule has 0 bridgehead atoms. The Morgan fingerprint density at radius 3 is 2.63 bits per heavy atom. The fraction of sp³-hybridized carbons (Fsp3) is 0.120. The summed E-state index contributed by atoms with van der Waals surface area (Å²) in [6.45, 7) is 2.26. The summed E-state index contributed by atoms with van der Waals surface area (Å²) in [5.74, 6) is 0.211. The Balaban J connectivity index is 1.40. The normalized spacial score (nSPS) is 10.7. The molecule has 0 fully saturated rings. The van der Waals surface area contributed by atoms with E-state index < -0.39 is 4.92 Å². The quantitative estimate of drug-likeness (QED) is 0.223. The number of hydrogen-bond donors (Lipinski definition) is 1. The molecular weight excluding hydrogens is 519 g/mol. The number of ether oxygens (including phenoxy) is 1. The first-order chi connectivity index (χ1) is 16.8. The number of rotatable bonds is 8. The van der Waals surface area contributed by atoms with E-state index in [-0.39, 0.29) is 24.0 Å². The lowest BCUT2D eigenvalue weighted by molar-refractivity contribution is -0.385. The molecule has 3 aromatic carbocycles. The van der Waals surface area contributed by atoms with Crippen LogP contribution in [0.1, 0.15) is 27.0 Å². The van der Waals surface area contributed by atoms with Crippen LogP contribution in [0.25, 0.3) is 0 Å². The SMILES string of the molecule is Cc1cc(OCc2cccc(C(=O)Nc3nn(Cc4ccc(F)cc4)cc3Br)c2)ccc1[N+](=O)[O-]. The van der Waals surface area contributed by atoms with Crippen LogP contribution in [-0.4, -0.2) is 20.6 Å². The minimum Gasteiger partial charge on any atom is -0.489 e. The number of nitro groups is 1. The van der Waals surface area contributed by atoms with E-state index in [0.717, 1.165) is 11.1 Å². The molecule has 4 rings (SSSR count). The maximum atomic E-state index is 13.1. The van der Waals surface area contributed by atoms with Crippen LogP contribution in [0.2, 0.25) is 0 Å². The molecule has 0 aliphatic carbocycles. The Labute approximate surface area is 208 Å². The lowest BCUT2D eigenvalue weighted by atomic mass is 10.1. The highest BCUT2D eigenvalue weighted by molar-refractivity contribution is 9.10. The van der Waals surface area contributed by atoms with Gasteiger partial charge in [0.25, 0.3) is 11.6 Å².